The van der Waals surface area contributed by atoms with Crippen LogP contribution in [0.15, 0.2) is 18.2 Å². The lowest BCUT2D eigenvalue weighted by Gasteiger charge is -2.21. The predicted molar refractivity (Wildman–Crippen MR) is 74.8 cm³/mol. The van der Waals surface area contributed by atoms with Crippen molar-refractivity contribution in [3.63, 3.8) is 0 Å². The molecule has 17 heavy (non-hydrogen) atoms. The van der Waals surface area contributed by atoms with E-state index in [0.717, 1.165) is 23.7 Å². The molecule has 3 nitrogen and oxygen atoms in total. The first-order valence-corrected chi connectivity index (χ1v) is 6.31. The van der Waals surface area contributed by atoms with E-state index in [1.807, 2.05) is 32.0 Å². The summed E-state index contributed by atoms with van der Waals surface area (Å²) < 4.78 is 5.68. The summed E-state index contributed by atoms with van der Waals surface area (Å²) in [4.78, 5) is 2.22. The largest absolute Gasteiger partial charge is 0.491 e. The molecule has 0 aromatic heterocycles. The van der Waals surface area contributed by atoms with Crippen LogP contribution in [0.4, 0.5) is 11.4 Å². The van der Waals surface area contributed by atoms with E-state index in [9.17, 15) is 0 Å². The van der Waals surface area contributed by atoms with Gasteiger partial charge in [0, 0.05) is 37.1 Å². The van der Waals surface area contributed by atoms with E-state index in [2.05, 4.69) is 18.9 Å². The molecule has 0 unspecified atom stereocenters. The Morgan fingerprint density at radius 1 is 1.29 bits per heavy atom. The first-order chi connectivity index (χ1) is 8.02. The standard InChI is InChI=1S/C14H24N2O/c1-5-6-7-16(4)13-8-12(15)9-14(10-13)17-11(2)3/h8-11H,5-7,15H2,1-4H3. The van der Waals surface area contributed by atoms with E-state index < -0.39 is 0 Å². The monoisotopic (exact) mass is 236 g/mol. The molecule has 0 spiro atoms. The van der Waals surface area contributed by atoms with Crippen LogP contribution in [0.2, 0.25) is 0 Å². The topological polar surface area (TPSA) is 38.5 Å². The van der Waals surface area contributed by atoms with Crippen molar-refractivity contribution in [1.82, 2.24) is 0 Å². The summed E-state index contributed by atoms with van der Waals surface area (Å²) in [6, 6.07) is 5.91. The van der Waals surface area contributed by atoms with E-state index in [1.165, 1.54) is 12.8 Å². The van der Waals surface area contributed by atoms with Crippen LogP contribution in [-0.2, 0) is 0 Å². The van der Waals surface area contributed by atoms with Crippen molar-refractivity contribution in [2.75, 3.05) is 24.2 Å². The molecule has 0 amide bonds. The Morgan fingerprint density at radius 2 is 2.00 bits per heavy atom. The lowest BCUT2D eigenvalue weighted by molar-refractivity contribution is 0.242. The van der Waals surface area contributed by atoms with Gasteiger partial charge in [0.1, 0.15) is 5.75 Å². The van der Waals surface area contributed by atoms with Crippen LogP contribution in [0.25, 0.3) is 0 Å². The lowest BCUT2D eigenvalue weighted by Crippen LogP contribution is -2.18. The van der Waals surface area contributed by atoms with Crippen LogP contribution in [0.1, 0.15) is 33.6 Å². The molecule has 2 N–H and O–H groups in total. The van der Waals surface area contributed by atoms with Gasteiger partial charge in [-0.05, 0) is 26.3 Å². The number of anilines is 2. The molecular formula is C14H24N2O. The summed E-state index contributed by atoms with van der Waals surface area (Å²) in [6.45, 7) is 7.27. The molecule has 0 atom stereocenters. The van der Waals surface area contributed by atoms with Crippen LogP contribution in [-0.4, -0.2) is 19.7 Å². The van der Waals surface area contributed by atoms with Crippen molar-refractivity contribution in [1.29, 1.82) is 0 Å². The molecule has 0 saturated heterocycles. The van der Waals surface area contributed by atoms with Gasteiger partial charge in [-0.3, -0.25) is 0 Å². The number of hydrogen-bond donors (Lipinski definition) is 1. The van der Waals surface area contributed by atoms with Crippen LogP contribution in [0.5, 0.6) is 5.75 Å². The molecule has 1 aromatic rings. The van der Waals surface area contributed by atoms with Crippen molar-refractivity contribution in [3.8, 4) is 5.75 Å². The van der Waals surface area contributed by atoms with Gasteiger partial charge in [0.15, 0.2) is 0 Å². The summed E-state index contributed by atoms with van der Waals surface area (Å²) >= 11 is 0. The van der Waals surface area contributed by atoms with Crippen molar-refractivity contribution < 1.29 is 4.74 Å². The number of ether oxygens (including phenoxy) is 1. The average molecular weight is 236 g/mol. The summed E-state index contributed by atoms with van der Waals surface area (Å²) in [5, 5.41) is 0. The van der Waals surface area contributed by atoms with Gasteiger partial charge in [-0.2, -0.15) is 0 Å². The number of unbranched alkanes of at least 4 members (excludes halogenated alkanes) is 1. The second kappa shape index (κ2) is 6.38. The van der Waals surface area contributed by atoms with E-state index in [4.69, 9.17) is 10.5 Å². The molecule has 96 valence electrons. The zero-order chi connectivity index (χ0) is 12.8. The van der Waals surface area contributed by atoms with Gasteiger partial charge in [0.2, 0.25) is 0 Å². The van der Waals surface area contributed by atoms with E-state index in [1.54, 1.807) is 0 Å². The lowest BCUT2D eigenvalue weighted by atomic mass is 10.2. The van der Waals surface area contributed by atoms with Crippen molar-refractivity contribution in [3.05, 3.63) is 18.2 Å². The number of rotatable bonds is 6. The Kier molecular flexibility index (Phi) is 5.13. The zero-order valence-corrected chi connectivity index (χ0v) is 11.4. The first-order valence-electron chi connectivity index (χ1n) is 6.31. The highest BCUT2D eigenvalue weighted by Gasteiger charge is 2.05. The van der Waals surface area contributed by atoms with Gasteiger partial charge in [0.05, 0.1) is 6.10 Å². The molecule has 0 aliphatic carbocycles. The SMILES string of the molecule is CCCCN(C)c1cc(N)cc(OC(C)C)c1. The van der Waals surface area contributed by atoms with Crippen LogP contribution in [0.3, 0.4) is 0 Å². The number of nitrogens with zero attached hydrogens (tertiary/aromatic N) is 1. The number of nitrogen functional groups attached to an aromatic ring is 1. The molecule has 0 heterocycles. The number of nitrogens with two attached hydrogens (primary N) is 1. The molecule has 0 aliphatic heterocycles. The maximum absolute atomic E-state index is 5.89. The molecular weight excluding hydrogens is 212 g/mol. The van der Waals surface area contributed by atoms with E-state index >= 15 is 0 Å². The summed E-state index contributed by atoms with van der Waals surface area (Å²) in [5.74, 6) is 0.846. The van der Waals surface area contributed by atoms with Gasteiger partial charge in [0.25, 0.3) is 0 Å². The molecule has 0 saturated carbocycles. The maximum Gasteiger partial charge on any atom is 0.123 e. The highest BCUT2D eigenvalue weighted by Crippen LogP contribution is 2.25. The van der Waals surface area contributed by atoms with Gasteiger partial charge in [-0.15, -0.1) is 0 Å². The van der Waals surface area contributed by atoms with Crippen LogP contribution in [0, 0.1) is 0 Å². The minimum atomic E-state index is 0.172. The molecule has 0 fully saturated rings. The second-order valence-electron chi connectivity index (χ2n) is 4.70. The normalized spacial score (nSPS) is 10.6. The predicted octanol–water partition coefficient (Wildman–Crippen LogP) is 3.29. The minimum Gasteiger partial charge on any atom is -0.491 e. The van der Waals surface area contributed by atoms with Crippen molar-refractivity contribution in [2.24, 2.45) is 0 Å². The maximum atomic E-state index is 5.89. The Bertz CT molecular complexity index is 350. The molecule has 0 bridgehead atoms. The van der Waals surface area contributed by atoms with Crippen molar-refractivity contribution in [2.45, 2.75) is 39.7 Å². The first kappa shape index (κ1) is 13.7. The van der Waals surface area contributed by atoms with Gasteiger partial charge in [-0.1, -0.05) is 13.3 Å². The number of hydrogen-bond acceptors (Lipinski definition) is 3. The Labute approximate surface area is 105 Å². The second-order valence-corrected chi connectivity index (χ2v) is 4.70. The Balaban J connectivity index is 2.81. The van der Waals surface area contributed by atoms with Crippen molar-refractivity contribution >= 4 is 11.4 Å². The average Bonchev–Trinajstić information content (AvgIpc) is 2.24. The fourth-order valence-corrected chi connectivity index (χ4v) is 1.69. The fourth-order valence-electron chi connectivity index (χ4n) is 1.69. The molecule has 0 radical (unpaired) electrons. The molecule has 1 rings (SSSR count). The highest BCUT2D eigenvalue weighted by atomic mass is 16.5. The quantitative estimate of drug-likeness (QED) is 0.770. The van der Waals surface area contributed by atoms with Gasteiger partial charge >= 0.3 is 0 Å². The third kappa shape index (κ3) is 4.55. The summed E-state index contributed by atoms with van der Waals surface area (Å²) in [5.41, 5.74) is 7.77. The smallest absolute Gasteiger partial charge is 0.123 e. The van der Waals surface area contributed by atoms with Gasteiger partial charge < -0.3 is 15.4 Å². The highest BCUT2D eigenvalue weighted by molar-refractivity contribution is 5.60. The molecule has 3 heteroatoms. The number of benzene rings is 1. The Morgan fingerprint density at radius 3 is 2.59 bits per heavy atom. The fraction of sp³-hybridized carbons (Fsp3) is 0.571. The van der Waals surface area contributed by atoms with Crippen LogP contribution < -0.4 is 15.4 Å². The summed E-state index contributed by atoms with van der Waals surface area (Å²) in [7, 11) is 2.09. The van der Waals surface area contributed by atoms with E-state index in [-0.39, 0.29) is 6.10 Å². The zero-order valence-electron chi connectivity index (χ0n) is 11.4. The van der Waals surface area contributed by atoms with Gasteiger partial charge in [-0.25, -0.2) is 0 Å². The summed E-state index contributed by atoms with van der Waals surface area (Å²) in [6.07, 6.45) is 2.55. The molecule has 0 aliphatic rings. The minimum absolute atomic E-state index is 0.172. The third-order valence-electron chi connectivity index (χ3n) is 2.57. The Hall–Kier alpha value is -1.38. The third-order valence-corrected chi connectivity index (χ3v) is 2.57. The van der Waals surface area contributed by atoms with Crippen LogP contribution >= 0.6 is 0 Å². The van der Waals surface area contributed by atoms with E-state index in [0.29, 0.717) is 0 Å². The molecule has 1 aromatic carbocycles.